The summed E-state index contributed by atoms with van der Waals surface area (Å²) < 4.78 is 11.2. The van der Waals surface area contributed by atoms with Crippen LogP contribution >= 0.6 is 0 Å². The molecule has 0 aliphatic carbocycles. The number of carbonyl (C=O) groups is 4. The van der Waals surface area contributed by atoms with Gasteiger partial charge in [0, 0.05) is 25.0 Å². The Bertz CT molecular complexity index is 1310. The Morgan fingerprint density at radius 1 is 0.636 bits per heavy atom. The summed E-state index contributed by atoms with van der Waals surface area (Å²) in [6, 6.07) is 19.8. The Morgan fingerprint density at radius 2 is 1.16 bits per heavy atom. The first-order valence-electron chi connectivity index (χ1n) is 14.8. The second-order valence-electron chi connectivity index (χ2n) is 10.3. The third kappa shape index (κ3) is 12.6. The van der Waals surface area contributed by atoms with Crippen LogP contribution in [-0.4, -0.2) is 44.8 Å². The molecule has 2 aromatic carbocycles. The van der Waals surface area contributed by atoms with Gasteiger partial charge < -0.3 is 29.8 Å². The number of esters is 2. The highest BCUT2D eigenvalue weighted by atomic mass is 16.7. The van der Waals surface area contributed by atoms with Crippen molar-refractivity contribution >= 4 is 23.8 Å². The molecule has 0 bridgehead atoms. The van der Waals surface area contributed by atoms with Gasteiger partial charge in [0.1, 0.15) is 19.3 Å². The van der Waals surface area contributed by atoms with Crippen LogP contribution in [0, 0.1) is 0 Å². The molecule has 236 valence electrons. The summed E-state index contributed by atoms with van der Waals surface area (Å²) in [5, 5.41) is 22.0. The Morgan fingerprint density at radius 3 is 1.75 bits per heavy atom. The van der Waals surface area contributed by atoms with E-state index in [0.717, 1.165) is 55.4 Å². The monoisotopic (exact) mass is 608 g/mol. The van der Waals surface area contributed by atoms with E-state index in [0.29, 0.717) is 17.6 Å². The first-order valence-corrected chi connectivity index (χ1v) is 14.8. The smallest absolute Gasteiger partial charge is 0.333 e. The third-order valence-electron chi connectivity index (χ3n) is 6.75. The van der Waals surface area contributed by atoms with Crippen molar-refractivity contribution in [2.45, 2.75) is 83.5 Å². The zero-order valence-corrected chi connectivity index (χ0v) is 24.7. The van der Waals surface area contributed by atoms with E-state index in [1.54, 1.807) is 12.1 Å². The van der Waals surface area contributed by atoms with Crippen LogP contribution in [-0.2, 0) is 41.9 Å². The Kier molecular flexibility index (Phi) is 14.3. The predicted octanol–water partition coefficient (Wildman–Crippen LogP) is 4.73. The molecule has 0 fully saturated rings. The number of nitrogens with zero attached hydrogens (tertiary/aromatic N) is 1. The molecule has 44 heavy (non-hydrogen) atoms. The Hall–Kier alpha value is -4.80. The van der Waals surface area contributed by atoms with E-state index in [1.807, 2.05) is 48.5 Å². The van der Waals surface area contributed by atoms with Crippen LogP contribution in [0.25, 0.3) is 0 Å². The lowest BCUT2D eigenvalue weighted by Crippen LogP contribution is -2.42. The maximum atomic E-state index is 12.8. The van der Waals surface area contributed by atoms with Gasteiger partial charge in [-0.3, -0.25) is 9.59 Å². The van der Waals surface area contributed by atoms with Crippen LogP contribution in [0.5, 0.6) is 11.8 Å². The van der Waals surface area contributed by atoms with Crippen molar-refractivity contribution in [1.82, 2.24) is 10.0 Å². The summed E-state index contributed by atoms with van der Waals surface area (Å²) in [7, 11) is 0. The summed E-state index contributed by atoms with van der Waals surface area (Å²) in [5.74, 6) is -3.01. The number of nitrogens with one attached hydrogen (secondary N) is 1. The van der Waals surface area contributed by atoms with Gasteiger partial charge in [0.05, 0.1) is 6.42 Å². The molecular formula is C33H40N2O9. The van der Waals surface area contributed by atoms with Crippen LogP contribution in [0.1, 0.15) is 75.3 Å². The second kappa shape index (κ2) is 18.7. The van der Waals surface area contributed by atoms with Gasteiger partial charge in [0.25, 0.3) is 0 Å². The Balaban J connectivity index is 1.34. The molecule has 3 N–H and O–H groups in total. The highest BCUT2D eigenvalue weighted by Crippen LogP contribution is 2.19. The van der Waals surface area contributed by atoms with Crippen molar-refractivity contribution in [2.75, 3.05) is 0 Å². The number of rotatable bonds is 19. The third-order valence-corrected chi connectivity index (χ3v) is 6.75. The quantitative estimate of drug-likeness (QED) is 0.130. The molecule has 1 atom stereocenters. The normalized spacial score (nSPS) is 11.4. The average Bonchev–Trinajstić information content (AvgIpc) is 3.35. The van der Waals surface area contributed by atoms with E-state index in [9.17, 15) is 29.4 Å². The number of unbranched alkanes of at least 4 members (excludes halogenated alkanes) is 5. The van der Waals surface area contributed by atoms with Gasteiger partial charge in [-0.25, -0.2) is 9.59 Å². The van der Waals surface area contributed by atoms with Crippen LogP contribution in [0.3, 0.4) is 0 Å². The minimum absolute atomic E-state index is 0.00630. The molecule has 0 saturated carbocycles. The van der Waals surface area contributed by atoms with Gasteiger partial charge in [-0.1, -0.05) is 86.3 Å². The van der Waals surface area contributed by atoms with Crippen LogP contribution in [0.15, 0.2) is 72.8 Å². The van der Waals surface area contributed by atoms with E-state index in [-0.39, 0.29) is 44.4 Å². The predicted molar refractivity (Wildman–Crippen MR) is 160 cm³/mol. The summed E-state index contributed by atoms with van der Waals surface area (Å²) in [5.41, 5.74) is 1.73. The maximum Gasteiger partial charge on any atom is 0.333 e. The molecule has 0 aliphatic rings. The van der Waals surface area contributed by atoms with Crippen molar-refractivity contribution in [3.05, 3.63) is 83.9 Å². The van der Waals surface area contributed by atoms with Gasteiger partial charge in [-0.2, -0.15) is 0 Å². The largest absolute Gasteiger partial charge is 0.492 e. The van der Waals surface area contributed by atoms with Gasteiger partial charge in [0.2, 0.25) is 17.7 Å². The molecule has 0 spiro atoms. The zero-order valence-electron chi connectivity index (χ0n) is 24.7. The summed E-state index contributed by atoms with van der Waals surface area (Å²) in [6.07, 6.45) is 5.06. The van der Waals surface area contributed by atoms with Crippen LogP contribution in [0.2, 0.25) is 0 Å². The van der Waals surface area contributed by atoms with E-state index in [1.165, 1.54) is 0 Å². The highest BCUT2D eigenvalue weighted by Gasteiger charge is 2.24. The number of hydrogen-bond donors (Lipinski definition) is 3. The number of aromatic hydroxyl groups is 2. The van der Waals surface area contributed by atoms with Crippen molar-refractivity contribution in [3.8, 4) is 11.8 Å². The van der Waals surface area contributed by atoms with Crippen LogP contribution in [0.4, 0.5) is 0 Å². The lowest BCUT2D eigenvalue weighted by molar-refractivity contribution is -0.151. The molecule has 0 radical (unpaired) electrons. The van der Waals surface area contributed by atoms with E-state index < -0.39 is 29.7 Å². The number of aromatic nitrogens is 1. The topological polar surface area (TPSA) is 153 Å². The fourth-order valence-corrected chi connectivity index (χ4v) is 4.32. The highest BCUT2D eigenvalue weighted by molar-refractivity contribution is 5.85. The molecule has 1 amide bonds. The number of amides is 1. The standard InChI is InChI=1S/C33H40N2O9/c36-28(17-11-3-1-2-4-12-18-31(39)42-23-25-13-7-5-8-14-25)34-27(33(41)43-24-26-15-9-6-10-16-26)19-22-32(40)44-35-29(37)20-21-30(35)38/h5-10,13-16,20-21,27,37-38H,1-4,11-12,17-19,22-24H2,(H,34,36)/t27-/m0/s1. The molecule has 3 rings (SSSR count). The van der Waals surface area contributed by atoms with E-state index in [4.69, 9.17) is 14.3 Å². The molecule has 0 aliphatic heterocycles. The minimum Gasteiger partial charge on any atom is -0.492 e. The lowest BCUT2D eigenvalue weighted by atomic mass is 10.1. The van der Waals surface area contributed by atoms with Gasteiger partial charge in [0.15, 0.2) is 0 Å². The van der Waals surface area contributed by atoms with Crippen molar-refractivity contribution in [3.63, 3.8) is 0 Å². The number of ether oxygens (including phenoxy) is 2. The lowest BCUT2D eigenvalue weighted by Gasteiger charge is -2.18. The second-order valence-corrected chi connectivity index (χ2v) is 10.3. The first-order chi connectivity index (χ1) is 21.3. The van der Waals surface area contributed by atoms with Crippen molar-refractivity contribution < 1.29 is 43.7 Å². The van der Waals surface area contributed by atoms with Crippen molar-refractivity contribution in [1.29, 1.82) is 0 Å². The van der Waals surface area contributed by atoms with Crippen molar-refractivity contribution in [2.24, 2.45) is 0 Å². The summed E-state index contributed by atoms with van der Waals surface area (Å²) >= 11 is 0. The minimum atomic E-state index is -1.09. The summed E-state index contributed by atoms with van der Waals surface area (Å²) in [6.45, 7) is 0.284. The van der Waals surface area contributed by atoms with Crippen LogP contribution < -0.4 is 10.2 Å². The summed E-state index contributed by atoms with van der Waals surface area (Å²) in [4.78, 5) is 54.6. The Labute approximate surface area is 256 Å². The number of carbonyl (C=O) groups excluding carboxylic acids is 4. The molecule has 3 aromatic rings. The molecule has 1 heterocycles. The fraction of sp³-hybridized carbons (Fsp3) is 0.394. The molecule has 11 nitrogen and oxygen atoms in total. The number of hydrogen-bond acceptors (Lipinski definition) is 9. The molecule has 1 aromatic heterocycles. The molecule has 11 heteroatoms. The van der Waals surface area contributed by atoms with Gasteiger partial charge in [-0.15, -0.1) is 4.73 Å². The zero-order chi connectivity index (χ0) is 31.6. The number of benzene rings is 2. The fourth-order valence-electron chi connectivity index (χ4n) is 4.32. The van der Waals surface area contributed by atoms with E-state index in [2.05, 4.69) is 5.32 Å². The first kappa shape index (κ1) is 33.7. The molecular weight excluding hydrogens is 568 g/mol. The molecule has 0 unspecified atom stereocenters. The SMILES string of the molecule is O=C(CCCCCCCCC(=O)OCc1ccccc1)N[C@@H](CCC(=O)On1c(O)ccc1O)C(=O)OCc1ccccc1. The van der Waals surface area contributed by atoms with E-state index >= 15 is 0 Å². The maximum absolute atomic E-state index is 12.8. The van der Waals surface area contributed by atoms with Gasteiger partial charge >= 0.3 is 17.9 Å². The molecule has 0 saturated heterocycles. The average molecular weight is 609 g/mol. The van der Waals surface area contributed by atoms with Gasteiger partial charge in [-0.05, 0) is 30.4 Å².